The summed E-state index contributed by atoms with van der Waals surface area (Å²) in [5.41, 5.74) is 0. The van der Waals surface area contributed by atoms with Crippen LogP contribution in [0.25, 0.3) is 0 Å². The highest BCUT2D eigenvalue weighted by molar-refractivity contribution is 4.96. The maximum absolute atomic E-state index is 10.1. The van der Waals surface area contributed by atoms with E-state index in [0.29, 0.717) is 5.92 Å². The van der Waals surface area contributed by atoms with E-state index in [0.717, 1.165) is 37.3 Å². The van der Waals surface area contributed by atoms with Gasteiger partial charge in [-0.05, 0) is 43.4 Å². The predicted molar refractivity (Wildman–Crippen MR) is 67.3 cm³/mol. The first-order valence-electron chi connectivity index (χ1n) is 7.17. The molecule has 2 saturated carbocycles. The van der Waals surface area contributed by atoms with E-state index in [1.807, 2.05) is 0 Å². The van der Waals surface area contributed by atoms with Gasteiger partial charge in [-0.3, -0.25) is 0 Å². The van der Waals surface area contributed by atoms with Crippen molar-refractivity contribution in [3.63, 3.8) is 0 Å². The van der Waals surface area contributed by atoms with E-state index >= 15 is 0 Å². The van der Waals surface area contributed by atoms with Gasteiger partial charge in [0, 0.05) is 12.6 Å². The van der Waals surface area contributed by atoms with Crippen molar-refractivity contribution in [2.45, 2.75) is 64.5 Å². The summed E-state index contributed by atoms with van der Waals surface area (Å²) in [5, 5.41) is 13.7. The molecule has 0 saturated heterocycles. The molecule has 0 spiro atoms. The van der Waals surface area contributed by atoms with Gasteiger partial charge in [0.05, 0.1) is 6.10 Å². The Morgan fingerprint density at radius 3 is 1.94 bits per heavy atom. The number of hydrogen-bond donors (Lipinski definition) is 2. The van der Waals surface area contributed by atoms with Gasteiger partial charge < -0.3 is 10.4 Å². The van der Waals surface area contributed by atoms with Crippen molar-refractivity contribution in [3.05, 3.63) is 0 Å². The molecule has 94 valence electrons. The van der Waals surface area contributed by atoms with Gasteiger partial charge in [-0.1, -0.05) is 26.7 Å². The summed E-state index contributed by atoms with van der Waals surface area (Å²) in [4.78, 5) is 0. The van der Waals surface area contributed by atoms with Crippen LogP contribution in [0.3, 0.4) is 0 Å². The number of aliphatic hydroxyl groups is 1. The summed E-state index contributed by atoms with van der Waals surface area (Å²) in [5.74, 6) is 2.34. The van der Waals surface area contributed by atoms with Crippen molar-refractivity contribution in [2.75, 3.05) is 6.54 Å². The van der Waals surface area contributed by atoms with Gasteiger partial charge in [0.15, 0.2) is 0 Å². The molecule has 0 heterocycles. The van der Waals surface area contributed by atoms with E-state index in [2.05, 4.69) is 19.2 Å². The van der Waals surface area contributed by atoms with Gasteiger partial charge in [0.2, 0.25) is 0 Å². The van der Waals surface area contributed by atoms with E-state index in [4.69, 9.17) is 0 Å². The van der Waals surface area contributed by atoms with Crippen LogP contribution in [0.15, 0.2) is 0 Å². The quantitative estimate of drug-likeness (QED) is 0.665. The second-order valence-corrected chi connectivity index (χ2v) is 5.75. The first-order chi connectivity index (χ1) is 7.76. The lowest BCUT2D eigenvalue weighted by atomic mass is 9.96. The molecule has 0 aromatic heterocycles. The number of aliphatic hydroxyl groups excluding tert-OH is 1. The van der Waals surface area contributed by atoms with E-state index in [9.17, 15) is 5.11 Å². The summed E-state index contributed by atoms with van der Waals surface area (Å²) in [6.07, 6.45) is 7.69. The molecule has 0 bridgehead atoms. The topological polar surface area (TPSA) is 32.3 Å². The Bertz CT molecular complexity index is 195. The van der Waals surface area contributed by atoms with Crippen LogP contribution in [0.2, 0.25) is 0 Å². The average Bonchev–Trinajstić information content (AvgIpc) is 3.14. The van der Waals surface area contributed by atoms with Crippen LogP contribution in [0.5, 0.6) is 0 Å². The van der Waals surface area contributed by atoms with Gasteiger partial charge in [0.1, 0.15) is 0 Å². The van der Waals surface area contributed by atoms with Crippen molar-refractivity contribution in [1.82, 2.24) is 5.32 Å². The maximum atomic E-state index is 10.1. The molecule has 0 aromatic rings. The summed E-state index contributed by atoms with van der Waals surface area (Å²) in [6, 6.07) is 0.726. The highest BCUT2D eigenvalue weighted by Crippen LogP contribution is 2.44. The molecular weight excluding hydrogens is 198 g/mol. The lowest BCUT2D eigenvalue weighted by molar-refractivity contribution is 0.0962. The average molecular weight is 225 g/mol. The Morgan fingerprint density at radius 1 is 1.06 bits per heavy atom. The van der Waals surface area contributed by atoms with Crippen molar-refractivity contribution < 1.29 is 5.11 Å². The molecule has 0 amide bonds. The molecule has 16 heavy (non-hydrogen) atoms. The van der Waals surface area contributed by atoms with Gasteiger partial charge in [-0.2, -0.15) is 0 Å². The molecule has 2 aliphatic rings. The minimum atomic E-state index is -0.144. The molecule has 2 aliphatic carbocycles. The minimum absolute atomic E-state index is 0.144. The molecular formula is C14H27NO. The normalized spacial score (nSPS) is 23.1. The third-order valence-electron chi connectivity index (χ3n) is 4.42. The van der Waals surface area contributed by atoms with Gasteiger partial charge >= 0.3 is 0 Å². The van der Waals surface area contributed by atoms with Crippen LogP contribution in [-0.2, 0) is 0 Å². The smallest absolute Gasteiger partial charge is 0.0692 e. The zero-order valence-electron chi connectivity index (χ0n) is 10.8. The Hall–Kier alpha value is -0.0800. The molecule has 2 rings (SSSR count). The lowest BCUT2D eigenvalue weighted by Gasteiger charge is -2.24. The van der Waals surface area contributed by atoms with Gasteiger partial charge in [-0.15, -0.1) is 0 Å². The standard InChI is InChI=1S/C14H27NO/c1-3-10(4-2)13(16)9-15-14(11-5-6-11)12-7-8-12/h10-16H,3-9H2,1-2H3. The summed E-state index contributed by atoms with van der Waals surface area (Å²) in [6.45, 7) is 5.16. The summed E-state index contributed by atoms with van der Waals surface area (Å²) < 4.78 is 0. The van der Waals surface area contributed by atoms with Crippen LogP contribution < -0.4 is 5.32 Å². The van der Waals surface area contributed by atoms with E-state index in [-0.39, 0.29) is 6.10 Å². The van der Waals surface area contributed by atoms with Crippen molar-refractivity contribution >= 4 is 0 Å². The molecule has 0 aliphatic heterocycles. The second-order valence-electron chi connectivity index (χ2n) is 5.75. The van der Waals surface area contributed by atoms with E-state index < -0.39 is 0 Å². The fourth-order valence-electron chi connectivity index (χ4n) is 2.89. The molecule has 1 atom stereocenters. The Kier molecular flexibility index (Phi) is 4.26. The van der Waals surface area contributed by atoms with Crippen molar-refractivity contribution in [1.29, 1.82) is 0 Å². The molecule has 1 unspecified atom stereocenters. The lowest BCUT2D eigenvalue weighted by Crippen LogP contribution is -2.40. The zero-order valence-corrected chi connectivity index (χ0v) is 10.8. The third-order valence-corrected chi connectivity index (χ3v) is 4.42. The van der Waals surface area contributed by atoms with E-state index in [1.165, 1.54) is 25.7 Å². The third kappa shape index (κ3) is 3.21. The van der Waals surface area contributed by atoms with Crippen LogP contribution in [-0.4, -0.2) is 23.8 Å². The molecule has 2 nitrogen and oxygen atoms in total. The highest BCUT2D eigenvalue weighted by Gasteiger charge is 2.41. The highest BCUT2D eigenvalue weighted by atomic mass is 16.3. The zero-order chi connectivity index (χ0) is 11.5. The monoisotopic (exact) mass is 225 g/mol. The molecule has 2 fully saturated rings. The fourth-order valence-corrected chi connectivity index (χ4v) is 2.89. The minimum Gasteiger partial charge on any atom is -0.392 e. The SMILES string of the molecule is CCC(CC)C(O)CNC(C1CC1)C1CC1. The number of nitrogens with one attached hydrogen (secondary N) is 1. The maximum Gasteiger partial charge on any atom is 0.0692 e. The number of hydrogen-bond acceptors (Lipinski definition) is 2. The van der Waals surface area contributed by atoms with Crippen LogP contribution in [0.4, 0.5) is 0 Å². The first kappa shape index (κ1) is 12.4. The Balaban J connectivity index is 1.71. The number of rotatable bonds is 8. The Morgan fingerprint density at radius 2 is 1.56 bits per heavy atom. The fraction of sp³-hybridized carbons (Fsp3) is 1.00. The summed E-state index contributed by atoms with van der Waals surface area (Å²) >= 11 is 0. The van der Waals surface area contributed by atoms with Crippen LogP contribution >= 0.6 is 0 Å². The molecule has 0 aromatic carbocycles. The van der Waals surface area contributed by atoms with Crippen LogP contribution in [0, 0.1) is 17.8 Å². The van der Waals surface area contributed by atoms with Gasteiger partial charge in [0.25, 0.3) is 0 Å². The van der Waals surface area contributed by atoms with Crippen molar-refractivity contribution in [2.24, 2.45) is 17.8 Å². The largest absolute Gasteiger partial charge is 0.392 e. The second kappa shape index (κ2) is 5.50. The van der Waals surface area contributed by atoms with Crippen molar-refractivity contribution in [3.8, 4) is 0 Å². The summed E-state index contributed by atoms with van der Waals surface area (Å²) in [7, 11) is 0. The van der Waals surface area contributed by atoms with Crippen LogP contribution in [0.1, 0.15) is 52.4 Å². The molecule has 0 radical (unpaired) electrons. The Labute approximate surface area is 99.8 Å². The molecule has 2 heteroatoms. The predicted octanol–water partition coefficient (Wildman–Crippen LogP) is 2.56. The molecule has 2 N–H and O–H groups in total. The van der Waals surface area contributed by atoms with E-state index in [1.54, 1.807) is 0 Å². The first-order valence-corrected chi connectivity index (χ1v) is 7.17. The van der Waals surface area contributed by atoms with Gasteiger partial charge in [-0.25, -0.2) is 0 Å².